The van der Waals surface area contributed by atoms with Crippen molar-refractivity contribution in [1.82, 2.24) is 16.2 Å². The van der Waals surface area contributed by atoms with Gasteiger partial charge in [-0.2, -0.15) is 0 Å². The Hall–Kier alpha value is -2.02. The zero-order chi connectivity index (χ0) is 14.4. The number of amides is 2. The largest absolute Gasteiger partial charge is 0.302 e. The third kappa shape index (κ3) is 5.01. The fourth-order valence-corrected chi connectivity index (χ4v) is 1.41. The van der Waals surface area contributed by atoms with E-state index in [-0.39, 0.29) is 12.1 Å². The number of nitrogens with one attached hydrogen (secondary N) is 3. The van der Waals surface area contributed by atoms with E-state index in [1.54, 1.807) is 6.92 Å². The maximum Gasteiger partial charge on any atom is 0.252 e. The molecule has 0 saturated carbocycles. The van der Waals surface area contributed by atoms with Crippen LogP contribution < -0.4 is 16.2 Å². The molecule has 5 nitrogen and oxygen atoms in total. The molecular formula is C12H15F2N3O2. The van der Waals surface area contributed by atoms with Gasteiger partial charge < -0.3 is 5.32 Å². The Labute approximate surface area is 109 Å². The molecule has 0 bridgehead atoms. The highest BCUT2D eigenvalue weighted by atomic mass is 19.1. The Morgan fingerprint density at radius 1 is 1.26 bits per heavy atom. The lowest BCUT2D eigenvalue weighted by Crippen LogP contribution is -2.44. The van der Waals surface area contributed by atoms with Crippen LogP contribution in [0.25, 0.3) is 0 Å². The van der Waals surface area contributed by atoms with E-state index in [1.165, 1.54) is 13.0 Å². The third-order valence-corrected chi connectivity index (χ3v) is 2.38. The zero-order valence-electron chi connectivity index (χ0n) is 10.6. The summed E-state index contributed by atoms with van der Waals surface area (Å²) in [4.78, 5) is 21.8. The number of rotatable bonds is 4. The predicted octanol–water partition coefficient (Wildman–Crippen LogP) is 0.783. The molecule has 0 aliphatic rings. The number of carbonyl (C=O) groups excluding carboxylic acids is 2. The topological polar surface area (TPSA) is 70.2 Å². The van der Waals surface area contributed by atoms with Crippen molar-refractivity contribution in [3.8, 4) is 0 Å². The van der Waals surface area contributed by atoms with Gasteiger partial charge in [-0.3, -0.25) is 20.4 Å². The van der Waals surface area contributed by atoms with Crippen molar-refractivity contribution in [2.24, 2.45) is 0 Å². The molecule has 0 unspecified atom stereocenters. The molecule has 7 heteroatoms. The van der Waals surface area contributed by atoms with Gasteiger partial charge in [0.1, 0.15) is 11.6 Å². The molecule has 2 amide bonds. The smallest absolute Gasteiger partial charge is 0.252 e. The summed E-state index contributed by atoms with van der Waals surface area (Å²) in [5.41, 5.74) is 4.54. The van der Waals surface area contributed by atoms with Crippen LogP contribution >= 0.6 is 0 Å². The Kier molecular flexibility index (Phi) is 5.37. The standard InChI is InChI=1S/C12H15F2N3O2/c1-7(10-4-3-9(13)5-11(10)14)15-6-12(19)17-16-8(2)18/h3-5,7,15H,6H2,1-2H3,(H,16,18)(H,17,19)/t7-/m0/s1. The summed E-state index contributed by atoms with van der Waals surface area (Å²) in [5.74, 6) is -2.20. The molecule has 0 aliphatic carbocycles. The van der Waals surface area contributed by atoms with Crippen molar-refractivity contribution in [3.05, 3.63) is 35.4 Å². The summed E-state index contributed by atoms with van der Waals surface area (Å²) in [7, 11) is 0. The third-order valence-electron chi connectivity index (χ3n) is 2.38. The highest BCUT2D eigenvalue weighted by Gasteiger charge is 2.12. The number of carbonyl (C=O) groups is 2. The van der Waals surface area contributed by atoms with E-state index in [9.17, 15) is 18.4 Å². The van der Waals surface area contributed by atoms with Crippen LogP contribution in [-0.4, -0.2) is 18.4 Å². The Morgan fingerprint density at radius 2 is 1.95 bits per heavy atom. The van der Waals surface area contributed by atoms with Crippen LogP contribution in [0.3, 0.4) is 0 Å². The average Bonchev–Trinajstić information content (AvgIpc) is 2.33. The summed E-state index contributed by atoms with van der Waals surface area (Å²) >= 11 is 0. The molecule has 1 aromatic rings. The Bertz CT molecular complexity index is 480. The van der Waals surface area contributed by atoms with E-state index >= 15 is 0 Å². The van der Waals surface area contributed by atoms with Crippen molar-refractivity contribution in [3.63, 3.8) is 0 Å². The number of halogens is 2. The van der Waals surface area contributed by atoms with Gasteiger partial charge >= 0.3 is 0 Å². The molecule has 104 valence electrons. The van der Waals surface area contributed by atoms with Gasteiger partial charge in [0.15, 0.2) is 0 Å². The Morgan fingerprint density at radius 3 is 2.53 bits per heavy atom. The van der Waals surface area contributed by atoms with E-state index < -0.39 is 29.5 Å². The molecule has 0 spiro atoms. The van der Waals surface area contributed by atoms with Crippen molar-refractivity contribution in [1.29, 1.82) is 0 Å². The molecule has 1 rings (SSSR count). The second kappa shape index (κ2) is 6.79. The van der Waals surface area contributed by atoms with Crippen LogP contribution in [0.2, 0.25) is 0 Å². The molecule has 0 heterocycles. The van der Waals surface area contributed by atoms with Crippen LogP contribution in [0.1, 0.15) is 25.5 Å². The summed E-state index contributed by atoms with van der Waals surface area (Å²) in [6.45, 7) is 2.78. The summed E-state index contributed by atoms with van der Waals surface area (Å²) < 4.78 is 26.2. The second-order valence-electron chi connectivity index (χ2n) is 4.00. The summed E-state index contributed by atoms with van der Waals surface area (Å²) in [5, 5.41) is 2.76. The molecule has 0 radical (unpaired) electrons. The van der Waals surface area contributed by atoms with Gasteiger partial charge in [0.25, 0.3) is 5.91 Å². The molecule has 0 fully saturated rings. The van der Waals surface area contributed by atoms with E-state index in [0.29, 0.717) is 0 Å². The van der Waals surface area contributed by atoms with Gasteiger partial charge in [0, 0.05) is 24.6 Å². The van der Waals surface area contributed by atoms with Gasteiger partial charge in [0.2, 0.25) is 5.91 Å². The highest BCUT2D eigenvalue weighted by molar-refractivity contribution is 5.81. The first-order valence-electron chi connectivity index (χ1n) is 5.64. The molecule has 0 aromatic heterocycles. The van der Waals surface area contributed by atoms with E-state index in [0.717, 1.165) is 12.1 Å². The summed E-state index contributed by atoms with van der Waals surface area (Å²) in [6.07, 6.45) is 0. The molecule has 1 aromatic carbocycles. The Balaban J connectivity index is 2.48. The van der Waals surface area contributed by atoms with Crippen molar-refractivity contribution >= 4 is 11.8 Å². The quantitative estimate of drug-likeness (QED) is 0.709. The van der Waals surface area contributed by atoms with Crippen molar-refractivity contribution in [2.75, 3.05) is 6.54 Å². The van der Waals surface area contributed by atoms with Crippen LogP contribution in [0, 0.1) is 11.6 Å². The van der Waals surface area contributed by atoms with Gasteiger partial charge in [-0.1, -0.05) is 6.07 Å². The van der Waals surface area contributed by atoms with Gasteiger partial charge in [-0.05, 0) is 13.0 Å². The van der Waals surface area contributed by atoms with E-state index in [2.05, 4.69) is 16.2 Å². The van der Waals surface area contributed by atoms with Gasteiger partial charge in [-0.15, -0.1) is 0 Å². The monoisotopic (exact) mass is 271 g/mol. The fourth-order valence-electron chi connectivity index (χ4n) is 1.41. The molecular weight excluding hydrogens is 256 g/mol. The maximum atomic E-state index is 13.4. The fraction of sp³-hybridized carbons (Fsp3) is 0.333. The average molecular weight is 271 g/mol. The minimum Gasteiger partial charge on any atom is -0.302 e. The zero-order valence-corrected chi connectivity index (χ0v) is 10.6. The molecule has 1 atom stereocenters. The van der Waals surface area contributed by atoms with Crippen LogP contribution in [0.4, 0.5) is 8.78 Å². The summed E-state index contributed by atoms with van der Waals surface area (Å²) in [6, 6.07) is 2.77. The molecule has 3 N–H and O–H groups in total. The maximum absolute atomic E-state index is 13.4. The first kappa shape index (κ1) is 15.0. The molecule has 0 aliphatic heterocycles. The predicted molar refractivity (Wildman–Crippen MR) is 64.7 cm³/mol. The second-order valence-corrected chi connectivity index (χ2v) is 4.00. The number of hydrogen-bond acceptors (Lipinski definition) is 3. The first-order valence-corrected chi connectivity index (χ1v) is 5.64. The van der Waals surface area contributed by atoms with E-state index in [4.69, 9.17) is 0 Å². The minimum absolute atomic E-state index is 0.113. The molecule has 0 saturated heterocycles. The minimum atomic E-state index is -0.678. The van der Waals surface area contributed by atoms with Crippen LogP contribution in [0.15, 0.2) is 18.2 Å². The normalized spacial score (nSPS) is 11.8. The lowest BCUT2D eigenvalue weighted by Gasteiger charge is -2.15. The SMILES string of the molecule is CC(=O)NNC(=O)CN[C@@H](C)c1ccc(F)cc1F. The van der Waals surface area contributed by atoms with Crippen LogP contribution in [0.5, 0.6) is 0 Å². The number of hydrazine groups is 1. The van der Waals surface area contributed by atoms with E-state index in [1.807, 2.05) is 0 Å². The number of hydrogen-bond donors (Lipinski definition) is 3. The number of benzene rings is 1. The van der Waals surface area contributed by atoms with Crippen LogP contribution in [-0.2, 0) is 9.59 Å². The van der Waals surface area contributed by atoms with Crippen molar-refractivity contribution < 1.29 is 18.4 Å². The van der Waals surface area contributed by atoms with Gasteiger partial charge in [0.05, 0.1) is 6.54 Å². The van der Waals surface area contributed by atoms with Crippen molar-refractivity contribution in [2.45, 2.75) is 19.9 Å². The lowest BCUT2D eigenvalue weighted by molar-refractivity contribution is -0.127. The molecule has 19 heavy (non-hydrogen) atoms. The first-order chi connectivity index (χ1) is 8.90. The highest BCUT2D eigenvalue weighted by Crippen LogP contribution is 2.17. The lowest BCUT2D eigenvalue weighted by atomic mass is 10.1. The van der Waals surface area contributed by atoms with Gasteiger partial charge in [-0.25, -0.2) is 8.78 Å².